The maximum Gasteiger partial charge on any atom is 0.142 e. The summed E-state index contributed by atoms with van der Waals surface area (Å²) >= 11 is 0. The van der Waals surface area contributed by atoms with Crippen LogP contribution in [0.2, 0.25) is 0 Å². The average Bonchev–Trinajstić information content (AvgIpc) is 2.79. The third-order valence-electron chi connectivity index (χ3n) is 2.94. The molecule has 2 aromatic heterocycles. The zero-order valence-electron chi connectivity index (χ0n) is 10.7. The summed E-state index contributed by atoms with van der Waals surface area (Å²) in [6, 6.07) is 11.5. The van der Waals surface area contributed by atoms with Crippen LogP contribution in [-0.4, -0.2) is 9.38 Å². The van der Waals surface area contributed by atoms with E-state index in [2.05, 4.69) is 11.9 Å². The first kappa shape index (κ1) is 11.6. The number of aryl methyl sites for hydroxylation is 1. The highest BCUT2D eigenvalue weighted by Gasteiger charge is 2.04. The number of nitrogens with zero attached hydrogens (tertiary/aromatic N) is 2. The van der Waals surface area contributed by atoms with Crippen molar-refractivity contribution in [1.29, 1.82) is 0 Å². The number of ether oxygens (including phenoxy) is 1. The number of fused-ring (bicyclic) bond motifs is 1. The fourth-order valence-electron chi connectivity index (χ4n) is 1.99. The van der Waals surface area contributed by atoms with E-state index in [1.807, 2.05) is 53.2 Å². The molecule has 19 heavy (non-hydrogen) atoms. The number of para-hydroxylation sites is 2. The van der Waals surface area contributed by atoms with Crippen molar-refractivity contribution in [2.75, 3.05) is 5.73 Å². The largest absolute Gasteiger partial charge is 0.485 e. The molecule has 1 aromatic carbocycles. The zero-order chi connectivity index (χ0) is 13.2. The van der Waals surface area contributed by atoms with Gasteiger partial charge in [-0.15, -0.1) is 0 Å². The number of nitrogens with two attached hydrogens (primary N) is 1. The van der Waals surface area contributed by atoms with E-state index in [0.29, 0.717) is 18.0 Å². The van der Waals surface area contributed by atoms with Gasteiger partial charge in [-0.25, -0.2) is 4.98 Å². The van der Waals surface area contributed by atoms with E-state index in [1.54, 1.807) is 0 Å². The van der Waals surface area contributed by atoms with Crippen LogP contribution in [0.1, 0.15) is 11.3 Å². The van der Waals surface area contributed by atoms with Gasteiger partial charge in [-0.2, -0.15) is 0 Å². The first-order valence-electron chi connectivity index (χ1n) is 6.14. The van der Waals surface area contributed by atoms with Gasteiger partial charge in [0.15, 0.2) is 0 Å². The number of anilines is 1. The van der Waals surface area contributed by atoms with E-state index >= 15 is 0 Å². The number of hydrogen-bond acceptors (Lipinski definition) is 3. The SMILES string of the molecule is Cc1ccc2nc(COc3ccccc3N)cn2c1. The molecule has 0 saturated carbocycles. The van der Waals surface area contributed by atoms with Gasteiger partial charge in [0.25, 0.3) is 0 Å². The van der Waals surface area contributed by atoms with Crippen molar-refractivity contribution in [2.24, 2.45) is 0 Å². The van der Waals surface area contributed by atoms with Crippen LogP contribution >= 0.6 is 0 Å². The number of pyridine rings is 1. The molecule has 3 rings (SSSR count). The van der Waals surface area contributed by atoms with Crippen molar-refractivity contribution in [1.82, 2.24) is 9.38 Å². The lowest BCUT2D eigenvalue weighted by Crippen LogP contribution is -1.98. The summed E-state index contributed by atoms with van der Waals surface area (Å²) in [6.45, 7) is 2.47. The van der Waals surface area contributed by atoms with Crippen LogP contribution in [0.4, 0.5) is 5.69 Å². The summed E-state index contributed by atoms with van der Waals surface area (Å²) in [6.07, 6.45) is 4.02. The summed E-state index contributed by atoms with van der Waals surface area (Å²) in [5.41, 5.74) is 9.47. The van der Waals surface area contributed by atoms with Crippen LogP contribution in [0.25, 0.3) is 5.65 Å². The summed E-state index contributed by atoms with van der Waals surface area (Å²) in [5.74, 6) is 0.690. The third-order valence-corrected chi connectivity index (χ3v) is 2.94. The van der Waals surface area contributed by atoms with E-state index in [4.69, 9.17) is 10.5 Å². The second-order valence-corrected chi connectivity index (χ2v) is 4.53. The number of hydrogen-bond donors (Lipinski definition) is 1. The van der Waals surface area contributed by atoms with Crippen LogP contribution in [-0.2, 0) is 6.61 Å². The molecular weight excluding hydrogens is 238 g/mol. The second kappa shape index (κ2) is 4.65. The van der Waals surface area contributed by atoms with Crippen LogP contribution in [0, 0.1) is 6.92 Å². The minimum atomic E-state index is 0.412. The number of benzene rings is 1. The minimum absolute atomic E-state index is 0.412. The molecule has 4 heteroatoms. The summed E-state index contributed by atoms with van der Waals surface area (Å²) in [5, 5.41) is 0. The van der Waals surface area contributed by atoms with Crippen LogP contribution < -0.4 is 10.5 Å². The summed E-state index contributed by atoms with van der Waals surface area (Å²) < 4.78 is 7.68. The summed E-state index contributed by atoms with van der Waals surface area (Å²) in [7, 11) is 0. The van der Waals surface area contributed by atoms with Gasteiger partial charge in [0.1, 0.15) is 18.0 Å². The molecule has 0 bridgehead atoms. The fraction of sp³-hybridized carbons (Fsp3) is 0.133. The molecule has 0 fully saturated rings. The van der Waals surface area contributed by atoms with Crippen molar-refractivity contribution in [2.45, 2.75) is 13.5 Å². The molecule has 0 aliphatic carbocycles. The number of rotatable bonds is 3. The van der Waals surface area contributed by atoms with Crippen molar-refractivity contribution >= 4 is 11.3 Å². The number of nitrogen functional groups attached to an aromatic ring is 1. The molecule has 0 saturated heterocycles. The lowest BCUT2D eigenvalue weighted by Gasteiger charge is -2.06. The monoisotopic (exact) mass is 253 g/mol. The Labute approximate surface area is 111 Å². The Bertz CT molecular complexity index is 718. The molecule has 0 atom stereocenters. The minimum Gasteiger partial charge on any atom is -0.485 e. The van der Waals surface area contributed by atoms with E-state index in [-0.39, 0.29) is 0 Å². The molecule has 3 aromatic rings. The molecular formula is C15H15N3O. The Hall–Kier alpha value is -2.49. The molecule has 96 valence electrons. The van der Waals surface area contributed by atoms with Gasteiger partial charge in [0.05, 0.1) is 11.4 Å². The van der Waals surface area contributed by atoms with Gasteiger partial charge in [-0.05, 0) is 30.7 Å². The van der Waals surface area contributed by atoms with Gasteiger partial charge in [0.2, 0.25) is 0 Å². The maximum atomic E-state index is 5.83. The van der Waals surface area contributed by atoms with Gasteiger partial charge in [0, 0.05) is 12.4 Å². The Morgan fingerprint density at radius 1 is 1.16 bits per heavy atom. The molecule has 0 unspecified atom stereocenters. The van der Waals surface area contributed by atoms with E-state index in [1.165, 1.54) is 5.56 Å². The van der Waals surface area contributed by atoms with Gasteiger partial charge in [-0.1, -0.05) is 18.2 Å². The fourth-order valence-corrected chi connectivity index (χ4v) is 1.99. The van der Waals surface area contributed by atoms with E-state index in [9.17, 15) is 0 Å². The molecule has 0 spiro atoms. The van der Waals surface area contributed by atoms with Crippen LogP contribution in [0.15, 0.2) is 48.8 Å². The predicted octanol–water partition coefficient (Wildman–Crippen LogP) is 2.80. The lowest BCUT2D eigenvalue weighted by molar-refractivity contribution is 0.304. The Morgan fingerprint density at radius 2 is 2.00 bits per heavy atom. The van der Waals surface area contributed by atoms with Crippen molar-refractivity contribution in [3.8, 4) is 5.75 Å². The molecule has 0 radical (unpaired) electrons. The second-order valence-electron chi connectivity index (χ2n) is 4.53. The molecule has 4 nitrogen and oxygen atoms in total. The zero-order valence-corrected chi connectivity index (χ0v) is 10.7. The molecule has 0 aliphatic heterocycles. The third kappa shape index (κ3) is 2.38. The Balaban J connectivity index is 1.80. The lowest BCUT2D eigenvalue weighted by atomic mass is 10.3. The predicted molar refractivity (Wildman–Crippen MR) is 75.1 cm³/mol. The van der Waals surface area contributed by atoms with Crippen molar-refractivity contribution < 1.29 is 4.74 Å². The van der Waals surface area contributed by atoms with Gasteiger partial charge in [-0.3, -0.25) is 0 Å². The van der Waals surface area contributed by atoms with Crippen molar-refractivity contribution in [3.05, 3.63) is 60.0 Å². The summed E-state index contributed by atoms with van der Waals surface area (Å²) in [4.78, 5) is 4.50. The molecule has 2 heterocycles. The van der Waals surface area contributed by atoms with E-state index < -0.39 is 0 Å². The standard InChI is InChI=1S/C15H15N3O/c1-11-6-7-15-17-12(9-18(15)8-11)10-19-14-5-3-2-4-13(14)16/h2-9H,10,16H2,1H3. The highest BCUT2D eigenvalue weighted by atomic mass is 16.5. The Morgan fingerprint density at radius 3 is 2.84 bits per heavy atom. The maximum absolute atomic E-state index is 5.83. The molecule has 0 aliphatic rings. The molecule has 0 amide bonds. The van der Waals surface area contributed by atoms with Gasteiger partial charge < -0.3 is 14.9 Å². The Kier molecular flexibility index (Phi) is 2.83. The molecule has 2 N–H and O–H groups in total. The highest BCUT2D eigenvalue weighted by molar-refractivity contribution is 5.51. The number of aromatic nitrogens is 2. The van der Waals surface area contributed by atoms with Crippen LogP contribution in [0.5, 0.6) is 5.75 Å². The van der Waals surface area contributed by atoms with Gasteiger partial charge >= 0.3 is 0 Å². The normalized spacial score (nSPS) is 10.8. The number of imidazole rings is 1. The van der Waals surface area contributed by atoms with E-state index in [0.717, 1.165) is 11.3 Å². The first-order valence-corrected chi connectivity index (χ1v) is 6.14. The first-order chi connectivity index (χ1) is 9.22. The van der Waals surface area contributed by atoms with Crippen molar-refractivity contribution in [3.63, 3.8) is 0 Å². The van der Waals surface area contributed by atoms with Crippen LogP contribution in [0.3, 0.4) is 0 Å². The smallest absolute Gasteiger partial charge is 0.142 e. The highest BCUT2D eigenvalue weighted by Crippen LogP contribution is 2.21. The average molecular weight is 253 g/mol. The topological polar surface area (TPSA) is 52.5 Å². The quantitative estimate of drug-likeness (QED) is 0.730.